The highest BCUT2D eigenvalue weighted by atomic mass is 32.1. The molecule has 5 nitrogen and oxygen atoms in total. The Morgan fingerprint density at radius 1 is 1.41 bits per heavy atom. The van der Waals surface area contributed by atoms with Crippen LogP contribution in [0, 0.1) is 10.1 Å². The lowest BCUT2D eigenvalue weighted by atomic mass is 10.0. The van der Waals surface area contributed by atoms with Gasteiger partial charge in [0.1, 0.15) is 0 Å². The van der Waals surface area contributed by atoms with Crippen LogP contribution in [0.15, 0.2) is 18.2 Å². The van der Waals surface area contributed by atoms with Crippen molar-refractivity contribution in [2.24, 2.45) is 0 Å². The van der Waals surface area contributed by atoms with Gasteiger partial charge in [-0.3, -0.25) is 14.9 Å². The second-order valence-corrected chi connectivity index (χ2v) is 4.29. The number of rotatable bonds is 3. The van der Waals surface area contributed by atoms with Gasteiger partial charge in [0.15, 0.2) is 0 Å². The van der Waals surface area contributed by atoms with Gasteiger partial charge in [-0.2, -0.15) is 12.6 Å². The minimum atomic E-state index is -0.417. The fourth-order valence-corrected chi connectivity index (χ4v) is 2.21. The standard InChI is InChI=1S/C11H12N2O3S/c14-11-4-1-8-7-9(13(15)16)2-3-10(8)12(11)5-6-17/h2-3,7,17H,1,4-6H2. The Balaban J connectivity index is 2.40. The predicted molar refractivity (Wildman–Crippen MR) is 67.6 cm³/mol. The van der Waals surface area contributed by atoms with Crippen molar-refractivity contribution < 1.29 is 9.72 Å². The van der Waals surface area contributed by atoms with Gasteiger partial charge in [0.25, 0.3) is 5.69 Å². The molecule has 1 aromatic rings. The molecule has 90 valence electrons. The quantitative estimate of drug-likeness (QED) is 0.507. The zero-order valence-corrected chi connectivity index (χ0v) is 10.0. The first-order valence-corrected chi connectivity index (χ1v) is 5.95. The number of non-ortho nitro benzene ring substituents is 1. The molecule has 0 fully saturated rings. The van der Waals surface area contributed by atoms with Crippen molar-refractivity contribution in [1.82, 2.24) is 0 Å². The molecule has 0 aliphatic carbocycles. The Morgan fingerprint density at radius 3 is 2.82 bits per heavy atom. The van der Waals surface area contributed by atoms with E-state index in [1.54, 1.807) is 17.0 Å². The highest BCUT2D eigenvalue weighted by molar-refractivity contribution is 7.80. The summed E-state index contributed by atoms with van der Waals surface area (Å²) in [4.78, 5) is 23.6. The normalized spacial score (nSPS) is 14.6. The van der Waals surface area contributed by atoms with E-state index in [1.165, 1.54) is 6.07 Å². The third-order valence-electron chi connectivity index (χ3n) is 2.80. The third kappa shape index (κ3) is 2.26. The molecule has 1 aliphatic rings. The molecule has 1 amide bonds. The number of hydrogen-bond acceptors (Lipinski definition) is 4. The summed E-state index contributed by atoms with van der Waals surface area (Å²) in [7, 11) is 0. The number of carbonyl (C=O) groups excluding carboxylic acids is 1. The first kappa shape index (κ1) is 11.9. The average Bonchev–Trinajstić information content (AvgIpc) is 2.32. The molecule has 6 heteroatoms. The highest BCUT2D eigenvalue weighted by Crippen LogP contribution is 2.30. The van der Waals surface area contributed by atoms with Crippen molar-refractivity contribution in [3.8, 4) is 0 Å². The highest BCUT2D eigenvalue weighted by Gasteiger charge is 2.24. The van der Waals surface area contributed by atoms with Crippen LogP contribution in [0.2, 0.25) is 0 Å². The fourth-order valence-electron chi connectivity index (χ4n) is 2.01. The minimum absolute atomic E-state index is 0.0559. The molecular formula is C11H12N2O3S. The maximum atomic E-state index is 11.7. The Bertz CT molecular complexity index is 476. The number of hydrogen-bond donors (Lipinski definition) is 1. The molecule has 1 aromatic carbocycles. The van der Waals surface area contributed by atoms with E-state index in [1.807, 2.05) is 0 Å². The number of nitro groups is 1. The molecule has 0 saturated carbocycles. The smallest absolute Gasteiger partial charge is 0.269 e. The maximum absolute atomic E-state index is 11.7. The van der Waals surface area contributed by atoms with E-state index in [9.17, 15) is 14.9 Å². The van der Waals surface area contributed by atoms with Crippen molar-refractivity contribution >= 4 is 29.9 Å². The second-order valence-electron chi connectivity index (χ2n) is 3.84. The van der Waals surface area contributed by atoms with Gasteiger partial charge >= 0.3 is 0 Å². The number of anilines is 1. The summed E-state index contributed by atoms with van der Waals surface area (Å²) < 4.78 is 0. The van der Waals surface area contributed by atoms with E-state index in [0.717, 1.165) is 11.3 Å². The number of amides is 1. The van der Waals surface area contributed by atoms with Gasteiger partial charge in [-0.15, -0.1) is 0 Å². The summed E-state index contributed by atoms with van der Waals surface area (Å²) in [5, 5.41) is 10.7. The number of nitrogens with zero attached hydrogens (tertiary/aromatic N) is 2. The van der Waals surface area contributed by atoms with E-state index >= 15 is 0 Å². The minimum Gasteiger partial charge on any atom is -0.311 e. The SMILES string of the molecule is O=C1CCc2cc([N+](=O)[O-])ccc2N1CCS. The number of nitro benzene ring substituents is 1. The van der Waals surface area contributed by atoms with Crippen molar-refractivity contribution in [2.75, 3.05) is 17.2 Å². The van der Waals surface area contributed by atoms with E-state index in [-0.39, 0.29) is 11.6 Å². The molecule has 0 aromatic heterocycles. The largest absolute Gasteiger partial charge is 0.311 e. The summed E-state index contributed by atoms with van der Waals surface area (Å²) in [6.07, 6.45) is 0.973. The Labute approximate surface area is 104 Å². The molecule has 0 N–H and O–H groups in total. The van der Waals surface area contributed by atoms with Crippen LogP contribution in [0.1, 0.15) is 12.0 Å². The van der Waals surface area contributed by atoms with Crippen LogP contribution in [0.4, 0.5) is 11.4 Å². The zero-order chi connectivity index (χ0) is 12.4. The van der Waals surface area contributed by atoms with Crippen LogP contribution in [0.5, 0.6) is 0 Å². The molecule has 0 radical (unpaired) electrons. The van der Waals surface area contributed by atoms with Crippen LogP contribution in [-0.4, -0.2) is 23.1 Å². The van der Waals surface area contributed by atoms with Gasteiger partial charge in [-0.1, -0.05) is 0 Å². The van der Waals surface area contributed by atoms with Crippen LogP contribution in [0.3, 0.4) is 0 Å². The van der Waals surface area contributed by atoms with Crippen LogP contribution >= 0.6 is 12.6 Å². The predicted octanol–water partition coefficient (Wildman–Crippen LogP) is 1.80. The molecule has 0 unspecified atom stereocenters. The molecule has 2 rings (SSSR count). The molecular weight excluding hydrogens is 240 g/mol. The lowest BCUT2D eigenvalue weighted by Gasteiger charge is -2.28. The van der Waals surface area contributed by atoms with Crippen LogP contribution in [0.25, 0.3) is 0 Å². The van der Waals surface area contributed by atoms with Gasteiger partial charge in [-0.25, -0.2) is 0 Å². The summed E-state index contributed by atoms with van der Waals surface area (Å²) in [5.41, 5.74) is 1.71. The van der Waals surface area contributed by atoms with Crippen molar-refractivity contribution in [3.63, 3.8) is 0 Å². The van der Waals surface area contributed by atoms with Gasteiger partial charge in [-0.05, 0) is 18.1 Å². The summed E-state index contributed by atoms with van der Waals surface area (Å²) >= 11 is 4.11. The van der Waals surface area contributed by atoms with Crippen LogP contribution < -0.4 is 4.90 Å². The van der Waals surface area contributed by atoms with Crippen molar-refractivity contribution in [2.45, 2.75) is 12.8 Å². The molecule has 0 spiro atoms. The van der Waals surface area contributed by atoms with E-state index in [0.29, 0.717) is 25.1 Å². The topological polar surface area (TPSA) is 63.4 Å². The average molecular weight is 252 g/mol. The Morgan fingerprint density at radius 2 is 2.18 bits per heavy atom. The summed E-state index contributed by atoms with van der Waals surface area (Å²) in [6.45, 7) is 0.534. The summed E-state index contributed by atoms with van der Waals surface area (Å²) in [5.74, 6) is 0.628. The van der Waals surface area contributed by atoms with Gasteiger partial charge in [0.2, 0.25) is 5.91 Å². The van der Waals surface area contributed by atoms with Gasteiger partial charge < -0.3 is 4.90 Å². The van der Waals surface area contributed by atoms with E-state index < -0.39 is 4.92 Å². The van der Waals surface area contributed by atoms with E-state index in [2.05, 4.69) is 12.6 Å². The molecule has 1 aliphatic heterocycles. The lowest BCUT2D eigenvalue weighted by Crippen LogP contribution is -2.36. The van der Waals surface area contributed by atoms with Crippen molar-refractivity contribution in [3.05, 3.63) is 33.9 Å². The van der Waals surface area contributed by atoms with E-state index in [4.69, 9.17) is 0 Å². The second kappa shape index (κ2) is 4.75. The Kier molecular flexibility index (Phi) is 3.33. The molecule has 1 heterocycles. The monoisotopic (exact) mass is 252 g/mol. The van der Waals surface area contributed by atoms with Crippen molar-refractivity contribution in [1.29, 1.82) is 0 Å². The van der Waals surface area contributed by atoms with Gasteiger partial charge in [0, 0.05) is 36.5 Å². The lowest BCUT2D eigenvalue weighted by molar-refractivity contribution is -0.384. The first-order valence-electron chi connectivity index (χ1n) is 5.32. The van der Waals surface area contributed by atoms with Gasteiger partial charge in [0.05, 0.1) is 4.92 Å². The number of fused-ring (bicyclic) bond motifs is 1. The number of carbonyl (C=O) groups is 1. The number of thiol groups is 1. The fraction of sp³-hybridized carbons (Fsp3) is 0.364. The van der Waals surface area contributed by atoms with Crippen LogP contribution in [-0.2, 0) is 11.2 Å². The first-order chi connectivity index (χ1) is 8.13. The molecule has 0 atom stereocenters. The number of aryl methyl sites for hydroxylation is 1. The number of benzene rings is 1. The zero-order valence-electron chi connectivity index (χ0n) is 9.13. The summed E-state index contributed by atoms with van der Waals surface area (Å²) in [6, 6.07) is 4.63. The molecule has 0 bridgehead atoms. The molecule has 0 saturated heterocycles. The Hall–Kier alpha value is -1.56. The molecule has 17 heavy (non-hydrogen) atoms. The third-order valence-corrected chi connectivity index (χ3v) is 3.00. The maximum Gasteiger partial charge on any atom is 0.269 e.